The Balaban J connectivity index is 1.83. The number of carbonyl (C=O) groups excluding carboxylic acids is 2. The summed E-state index contributed by atoms with van der Waals surface area (Å²) in [5.74, 6) is -0.539. The number of H-pyrrole nitrogens is 1. The van der Waals surface area contributed by atoms with Gasteiger partial charge in [0.15, 0.2) is 5.78 Å². The minimum absolute atomic E-state index is 0.115. The van der Waals surface area contributed by atoms with Crippen LogP contribution < -0.4 is 5.32 Å². The summed E-state index contributed by atoms with van der Waals surface area (Å²) in [6.07, 6.45) is 0. The molecule has 156 valence electrons. The smallest absolute Gasteiger partial charge is 0.272 e. The molecule has 8 nitrogen and oxygen atoms in total. The summed E-state index contributed by atoms with van der Waals surface area (Å²) in [7, 11) is -1.67. The number of hydrogen-bond acceptors (Lipinski definition) is 5. The highest BCUT2D eigenvalue weighted by Crippen LogP contribution is 2.23. The molecule has 1 aliphatic rings. The molecular weight excluding hydrogens is 392 g/mol. The average molecular weight is 419 g/mol. The lowest BCUT2D eigenvalue weighted by Crippen LogP contribution is -2.47. The molecule has 1 saturated heterocycles. The molecule has 29 heavy (non-hydrogen) atoms. The molecule has 1 amide bonds. The van der Waals surface area contributed by atoms with Crippen LogP contribution in [0.5, 0.6) is 0 Å². The lowest BCUT2D eigenvalue weighted by molar-refractivity contribution is 0.101. The van der Waals surface area contributed by atoms with Gasteiger partial charge in [0.05, 0.1) is 4.90 Å². The van der Waals surface area contributed by atoms with E-state index in [2.05, 4.69) is 15.2 Å². The van der Waals surface area contributed by atoms with Crippen molar-refractivity contribution in [3.8, 4) is 0 Å². The molecule has 2 N–H and O–H groups in total. The van der Waals surface area contributed by atoms with Crippen molar-refractivity contribution in [2.24, 2.45) is 0 Å². The second kappa shape index (κ2) is 8.10. The van der Waals surface area contributed by atoms with Crippen LogP contribution in [-0.4, -0.2) is 67.5 Å². The first-order valence-electron chi connectivity index (χ1n) is 9.41. The highest BCUT2D eigenvalue weighted by molar-refractivity contribution is 7.89. The normalized spacial score (nSPS) is 16.0. The number of hydrogen-bond donors (Lipinski definition) is 2. The zero-order valence-corrected chi connectivity index (χ0v) is 17.9. The zero-order chi connectivity index (χ0) is 21.3. The molecule has 2 aromatic rings. The number of aromatic nitrogens is 1. The number of aromatic amines is 1. The number of sulfonamides is 1. The number of aryl methyl sites for hydroxylation is 1. The number of amides is 1. The van der Waals surface area contributed by atoms with Crippen molar-refractivity contribution < 1.29 is 18.0 Å². The van der Waals surface area contributed by atoms with E-state index in [0.717, 1.165) is 0 Å². The van der Waals surface area contributed by atoms with Crippen molar-refractivity contribution in [1.82, 2.24) is 14.2 Å². The Kier molecular flexibility index (Phi) is 5.92. The lowest BCUT2D eigenvalue weighted by Gasteiger charge is -2.31. The Labute approximate surface area is 170 Å². The van der Waals surface area contributed by atoms with Gasteiger partial charge in [-0.1, -0.05) is 6.07 Å². The molecule has 1 aromatic heterocycles. The van der Waals surface area contributed by atoms with Gasteiger partial charge in [-0.3, -0.25) is 9.59 Å². The van der Waals surface area contributed by atoms with E-state index >= 15 is 0 Å². The van der Waals surface area contributed by atoms with Crippen molar-refractivity contribution in [2.75, 3.05) is 38.5 Å². The first-order valence-corrected chi connectivity index (χ1v) is 10.9. The molecule has 0 spiro atoms. The van der Waals surface area contributed by atoms with Crippen LogP contribution in [0.4, 0.5) is 5.69 Å². The molecule has 1 fully saturated rings. The molecule has 9 heteroatoms. The summed E-state index contributed by atoms with van der Waals surface area (Å²) in [6.45, 7) is 7.14. The number of nitrogens with zero attached hydrogens (tertiary/aromatic N) is 2. The maximum atomic E-state index is 12.9. The molecule has 1 aliphatic heterocycles. The Bertz CT molecular complexity index is 1050. The fourth-order valence-electron chi connectivity index (χ4n) is 3.61. The maximum Gasteiger partial charge on any atom is 0.272 e. The number of piperazine rings is 1. The van der Waals surface area contributed by atoms with Crippen LogP contribution in [0, 0.1) is 13.8 Å². The van der Waals surface area contributed by atoms with E-state index in [1.807, 2.05) is 7.05 Å². The van der Waals surface area contributed by atoms with Crippen LogP contribution >= 0.6 is 0 Å². The number of carbonyl (C=O) groups is 2. The first kappa shape index (κ1) is 21.2. The largest absolute Gasteiger partial charge is 0.354 e. The monoisotopic (exact) mass is 418 g/mol. The van der Waals surface area contributed by atoms with Gasteiger partial charge in [0.25, 0.3) is 5.91 Å². The third kappa shape index (κ3) is 4.26. The molecule has 3 rings (SSSR count). The molecule has 2 heterocycles. The number of likely N-dealkylation sites (N-methyl/N-ethyl adjacent to an activating group) is 1. The van der Waals surface area contributed by atoms with Gasteiger partial charge in [-0.2, -0.15) is 4.31 Å². The third-order valence-corrected chi connectivity index (χ3v) is 7.10. The second-order valence-corrected chi connectivity index (χ2v) is 9.31. The molecule has 0 aliphatic carbocycles. The zero-order valence-electron chi connectivity index (χ0n) is 17.1. The number of Topliss-reactive ketones (excluding diaryl/α,β-unsaturated/α-hetero) is 1. The highest BCUT2D eigenvalue weighted by Gasteiger charge is 2.28. The number of rotatable bonds is 5. The highest BCUT2D eigenvalue weighted by atomic mass is 32.2. The van der Waals surface area contributed by atoms with E-state index in [4.69, 9.17) is 0 Å². The van der Waals surface area contributed by atoms with E-state index in [9.17, 15) is 18.0 Å². The van der Waals surface area contributed by atoms with Crippen molar-refractivity contribution in [2.45, 2.75) is 25.7 Å². The van der Waals surface area contributed by atoms with E-state index in [-0.39, 0.29) is 10.7 Å². The molecular formula is C20H26N4O4S. The summed E-state index contributed by atoms with van der Waals surface area (Å²) < 4.78 is 27.3. The standard InChI is InChI=1S/C20H26N4O4S/c1-13-18(15(3)25)14(2)21-19(13)20(26)22-16-6-5-7-17(12-16)29(27,28)24-10-8-23(4)9-11-24/h5-7,12,21H,8-11H2,1-4H3,(H,22,26). The molecule has 1 aromatic carbocycles. The second-order valence-electron chi connectivity index (χ2n) is 7.37. The molecule has 0 radical (unpaired) electrons. The van der Waals surface area contributed by atoms with E-state index in [1.165, 1.54) is 23.4 Å². The van der Waals surface area contributed by atoms with E-state index in [0.29, 0.717) is 54.4 Å². The Hall–Kier alpha value is -2.49. The fraction of sp³-hybridized carbons (Fsp3) is 0.400. The minimum Gasteiger partial charge on any atom is -0.354 e. The van der Waals surface area contributed by atoms with Crippen molar-refractivity contribution >= 4 is 27.4 Å². The van der Waals surface area contributed by atoms with E-state index < -0.39 is 15.9 Å². The third-order valence-electron chi connectivity index (χ3n) is 5.21. The summed E-state index contributed by atoms with van der Waals surface area (Å²) in [5.41, 5.74) is 2.38. The number of anilines is 1. The van der Waals surface area contributed by atoms with Crippen molar-refractivity contribution in [1.29, 1.82) is 0 Å². The van der Waals surface area contributed by atoms with Crippen LogP contribution in [-0.2, 0) is 10.0 Å². The maximum absolute atomic E-state index is 12.9. The van der Waals surface area contributed by atoms with Crippen LogP contribution in [0.15, 0.2) is 29.2 Å². The number of ketones is 1. The Morgan fingerprint density at radius 1 is 1.10 bits per heavy atom. The number of nitrogens with one attached hydrogen (secondary N) is 2. The van der Waals surface area contributed by atoms with Crippen molar-refractivity contribution in [3.05, 3.63) is 46.8 Å². The van der Waals surface area contributed by atoms with Crippen LogP contribution in [0.2, 0.25) is 0 Å². The summed E-state index contributed by atoms with van der Waals surface area (Å²) in [6, 6.07) is 6.23. The van der Waals surface area contributed by atoms with Gasteiger partial charge in [-0.25, -0.2) is 8.42 Å². The average Bonchev–Trinajstić information content (AvgIpc) is 2.96. The van der Waals surface area contributed by atoms with Gasteiger partial charge < -0.3 is 15.2 Å². The van der Waals surface area contributed by atoms with Gasteiger partial charge in [0.2, 0.25) is 10.0 Å². The number of benzene rings is 1. The lowest BCUT2D eigenvalue weighted by atomic mass is 10.1. The molecule has 0 unspecified atom stereocenters. The first-order chi connectivity index (χ1) is 13.6. The molecule has 0 atom stereocenters. The summed E-state index contributed by atoms with van der Waals surface area (Å²) >= 11 is 0. The van der Waals surface area contributed by atoms with Gasteiger partial charge >= 0.3 is 0 Å². The SMILES string of the molecule is CC(=O)c1c(C)[nH]c(C(=O)Nc2cccc(S(=O)(=O)N3CCN(C)CC3)c2)c1C. The summed E-state index contributed by atoms with van der Waals surface area (Å²) in [4.78, 5) is 29.7. The molecule has 0 saturated carbocycles. The Morgan fingerprint density at radius 2 is 1.76 bits per heavy atom. The van der Waals surface area contributed by atoms with Crippen LogP contribution in [0.3, 0.4) is 0 Å². The van der Waals surface area contributed by atoms with Crippen LogP contribution in [0.25, 0.3) is 0 Å². The van der Waals surface area contributed by atoms with Crippen LogP contribution in [0.1, 0.15) is 39.0 Å². The predicted octanol–water partition coefficient (Wildman–Crippen LogP) is 2.02. The fourth-order valence-corrected chi connectivity index (χ4v) is 5.08. The van der Waals surface area contributed by atoms with Gasteiger partial charge in [-0.05, 0) is 51.6 Å². The topological polar surface area (TPSA) is 103 Å². The van der Waals surface area contributed by atoms with Gasteiger partial charge in [0.1, 0.15) is 5.69 Å². The van der Waals surface area contributed by atoms with Gasteiger partial charge in [-0.15, -0.1) is 0 Å². The minimum atomic E-state index is -3.63. The predicted molar refractivity (Wildman–Crippen MR) is 111 cm³/mol. The van der Waals surface area contributed by atoms with E-state index in [1.54, 1.807) is 26.0 Å². The quantitative estimate of drug-likeness (QED) is 0.724. The van der Waals surface area contributed by atoms with Crippen molar-refractivity contribution in [3.63, 3.8) is 0 Å². The summed E-state index contributed by atoms with van der Waals surface area (Å²) in [5, 5.41) is 2.73. The molecule has 0 bridgehead atoms. The van der Waals surface area contributed by atoms with Gasteiger partial charge in [0, 0.05) is 43.1 Å². The Morgan fingerprint density at radius 3 is 2.34 bits per heavy atom.